The Balaban J connectivity index is 0.00000261. The molecule has 0 bridgehead atoms. The van der Waals surface area contributed by atoms with E-state index in [2.05, 4.69) is 0 Å². The minimum atomic E-state index is -3.54. The summed E-state index contributed by atoms with van der Waals surface area (Å²) in [5, 5.41) is 0. The molecule has 6 nitrogen and oxygen atoms in total. The SMILES string of the molecule is Cl.NC(C(=O)N1CCCN(S(=O)(=O)c2ccccc2)CC1)c1ccccc1. The number of carbonyl (C=O) groups excluding carboxylic acids is 1. The highest BCUT2D eigenvalue weighted by Gasteiger charge is 2.29. The van der Waals surface area contributed by atoms with Crippen LogP contribution >= 0.6 is 12.4 Å². The summed E-state index contributed by atoms with van der Waals surface area (Å²) in [7, 11) is -3.54. The third kappa shape index (κ3) is 4.87. The van der Waals surface area contributed by atoms with Crippen molar-refractivity contribution >= 4 is 28.3 Å². The number of hydrogen-bond acceptors (Lipinski definition) is 4. The Morgan fingerprint density at radius 3 is 2.11 bits per heavy atom. The Bertz CT molecular complexity index is 847. The minimum absolute atomic E-state index is 0. The monoisotopic (exact) mass is 409 g/mol. The molecule has 2 N–H and O–H groups in total. The Morgan fingerprint density at radius 1 is 0.889 bits per heavy atom. The topological polar surface area (TPSA) is 83.7 Å². The molecule has 146 valence electrons. The molecule has 2 aromatic carbocycles. The normalized spacial score (nSPS) is 16.9. The maximum atomic E-state index is 12.8. The van der Waals surface area contributed by atoms with Gasteiger partial charge in [-0.25, -0.2) is 8.42 Å². The van der Waals surface area contributed by atoms with Gasteiger partial charge in [-0.3, -0.25) is 4.79 Å². The second kappa shape index (κ2) is 9.32. The smallest absolute Gasteiger partial charge is 0.244 e. The van der Waals surface area contributed by atoms with Crippen LogP contribution in [0.4, 0.5) is 0 Å². The molecule has 1 saturated heterocycles. The number of carbonyl (C=O) groups is 1. The quantitative estimate of drug-likeness (QED) is 0.837. The van der Waals surface area contributed by atoms with Gasteiger partial charge in [-0.05, 0) is 24.1 Å². The molecular weight excluding hydrogens is 386 g/mol. The van der Waals surface area contributed by atoms with Crippen LogP contribution in [-0.4, -0.2) is 49.7 Å². The van der Waals surface area contributed by atoms with Crippen LogP contribution in [0, 0.1) is 0 Å². The van der Waals surface area contributed by atoms with Crippen LogP contribution in [0.25, 0.3) is 0 Å². The second-order valence-electron chi connectivity index (χ2n) is 6.28. The van der Waals surface area contributed by atoms with E-state index in [9.17, 15) is 13.2 Å². The summed E-state index contributed by atoms with van der Waals surface area (Å²) in [6.45, 7) is 1.50. The lowest BCUT2D eigenvalue weighted by Crippen LogP contribution is -2.41. The lowest BCUT2D eigenvalue weighted by molar-refractivity contribution is -0.132. The maximum absolute atomic E-state index is 12.8. The molecule has 1 aliphatic heterocycles. The van der Waals surface area contributed by atoms with E-state index in [1.807, 2.05) is 30.3 Å². The standard InChI is InChI=1S/C19H23N3O3S.ClH/c20-18(16-8-3-1-4-9-16)19(23)21-12-7-13-22(15-14-21)26(24,25)17-10-5-2-6-11-17;/h1-6,8-11,18H,7,12-15,20H2;1H. The van der Waals surface area contributed by atoms with Crippen molar-refractivity contribution in [3.8, 4) is 0 Å². The van der Waals surface area contributed by atoms with E-state index in [1.165, 1.54) is 4.31 Å². The van der Waals surface area contributed by atoms with Crippen LogP contribution in [0.3, 0.4) is 0 Å². The highest BCUT2D eigenvalue weighted by atomic mass is 35.5. The van der Waals surface area contributed by atoms with Gasteiger partial charge in [0, 0.05) is 26.2 Å². The van der Waals surface area contributed by atoms with Gasteiger partial charge in [0.2, 0.25) is 15.9 Å². The molecule has 1 aliphatic rings. The van der Waals surface area contributed by atoms with E-state index >= 15 is 0 Å². The lowest BCUT2D eigenvalue weighted by Gasteiger charge is -2.24. The van der Waals surface area contributed by atoms with Crippen molar-refractivity contribution in [2.24, 2.45) is 5.73 Å². The van der Waals surface area contributed by atoms with Crippen LogP contribution in [0.5, 0.6) is 0 Å². The number of halogens is 1. The van der Waals surface area contributed by atoms with Gasteiger partial charge in [0.1, 0.15) is 6.04 Å². The van der Waals surface area contributed by atoms with Gasteiger partial charge in [-0.15, -0.1) is 12.4 Å². The molecule has 1 heterocycles. The highest BCUT2D eigenvalue weighted by Crippen LogP contribution is 2.19. The van der Waals surface area contributed by atoms with Gasteiger partial charge in [0.15, 0.2) is 0 Å². The number of hydrogen-bond donors (Lipinski definition) is 1. The van der Waals surface area contributed by atoms with Crippen molar-refractivity contribution in [1.82, 2.24) is 9.21 Å². The zero-order valence-corrected chi connectivity index (χ0v) is 16.5. The summed E-state index contributed by atoms with van der Waals surface area (Å²) in [6.07, 6.45) is 0.583. The zero-order valence-electron chi connectivity index (χ0n) is 14.9. The first-order valence-electron chi connectivity index (χ1n) is 8.64. The number of nitrogens with zero attached hydrogens (tertiary/aromatic N) is 2. The van der Waals surface area contributed by atoms with E-state index in [0.29, 0.717) is 26.1 Å². The van der Waals surface area contributed by atoms with Crippen LogP contribution in [0.2, 0.25) is 0 Å². The molecule has 2 aromatic rings. The van der Waals surface area contributed by atoms with E-state index in [1.54, 1.807) is 35.2 Å². The average molecular weight is 410 g/mol. The molecule has 8 heteroatoms. The third-order valence-corrected chi connectivity index (χ3v) is 6.49. The largest absolute Gasteiger partial charge is 0.340 e. The summed E-state index contributed by atoms with van der Waals surface area (Å²) >= 11 is 0. The fourth-order valence-electron chi connectivity index (χ4n) is 3.10. The molecular formula is C19H24ClN3O3S. The van der Waals surface area contributed by atoms with Crippen molar-refractivity contribution < 1.29 is 13.2 Å². The Kier molecular flexibility index (Phi) is 7.38. The molecule has 0 aromatic heterocycles. The third-order valence-electron chi connectivity index (χ3n) is 4.57. The Hall–Kier alpha value is -1.93. The molecule has 0 saturated carbocycles. The predicted molar refractivity (Wildman–Crippen MR) is 107 cm³/mol. The number of sulfonamides is 1. The summed E-state index contributed by atoms with van der Waals surface area (Å²) in [4.78, 5) is 14.7. The first kappa shape index (κ1) is 21.4. The fourth-order valence-corrected chi connectivity index (χ4v) is 4.59. The molecule has 1 amide bonds. The summed E-state index contributed by atoms with van der Waals surface area (Å²) in [5.41, 5.74) is 6.87. The van der Waals surface area contributed by atoms with Crippen molar-refractivity contribution in [1.29, 1.82) is 0 Å². The Morgan fingerprint density at radius 2 is 1.48 bits per heavy atom. The summed E-state index contributed by atoms with van der Waals surface area (Å²) in [5.74, 6) is -0.171. The van der Waals surface area contributed by atoms with Gasteiger partial charge in [0.05, 0.1) is 4.90 Å². The van der Waals surface area contributed by atoms with E-state index in [-0.39, 0.29) is 29.8 Å². The lowest BCUT2D eigenvalue weighted by atomic mass is 10.1. The van der Waals surface area contributed by atoms with Crippen LogP contribution in [0.15, 0.2) is 65.6 Å². The molecule has 27 heavy (non-hydrogen) atoms. The van der Waals surface area contributed by atoms with Gasteiger partial charge in [-0.1, -0.05) is 48.5 Å². The highest BCUT2D eigenvalue weighted by molar-refractivity contribution is 7.89. The van der Waals surface area contributed by atoms with Crippen LogP contribution in [-0.2, 0) is 14.8 Å². The first-order valence-corrected chi connectivity index (χ1v) is 10.1. The van der Waals surface area contributed by atoms with E-state index in [0.717, 1.165) is 5.56 Å². The molecule has 0 spiro atoms. The van der Waals surface area contributed by atoms with Gasteiger partial charge >= 0.3 is 0 Å². The predicted octanol–water partition coefficient (Wildman–Crippen LogP) is 2.03. The number of rotatable bonds is 4. The summed E-state index contributed by atoms with van der Waals surface area (Å²) in [6, 6.07) is 16.9. The van der Waals surface area contributed by atoms with Gasteiger partial charge in [0.25, 0.3) is 0 Å². The van der Waals surface area contributed by atoms with Gasteiger partial charge < -0.3 is 10.6 Å². The molecule has 0 radical (unpaired) electrons. The van der Waals surface area contributed by atoms with Crippen molar-refractivity contribution in [3.63, 3.8) is 0 Å². The molecule has 3 rings (SSSR count). The molecule has 1 fully saturated rings. The van der Waals surface area contributed by atoms with E-state index < -0.39 is 16.1 Å². The molecule has 1 unspecified atom stereocenters. The average Bonchev–Trinajstić information content (AvgIpc) is 2.95. The van der Waals surface area contributed by atoms with Crippen molar-refractivity contribution in [2.45, 2.75) is 17.4 Å². The zero-order chi connectivity index (χ0) is 18.6. The fraction of sp³-hybridized carbons (Fsp3) is 0.316. The van der Waals surface area contributed by atoms with E-state index in [4.69, 9.17) is 5.73 Å². The summed E-state index contributed by atoms with van der Waals surface area (Å²) < 4.78 is 27.0. The Labute approximate surface area is 166 Å². The second-order valence-corrected chi connectivity index (χ2v) is 8.22. The number of amides is 1. The minimum Gasteiger partial charge on any atom is -0.340 e. The number of nitrogens with two attached hydrogens (primary N) is 1. The van der Waals surface area contributed by atoms with Crippen molar-refractivity contribution in [2.75, 3.05) is 26.2 Å². The number of benzene rings is 2. The molecule has 0 aliphatic carbocycles. The maximum Gasteiger partial charge on any atom is 0.244 e. The van der Waals surface area contributed by atoms with Crippen LogP contribution in [0.1, 0.15) is 18.0 Å². The van der Waals surface area contributed by atoms with Crippen molar-refractivity contribution in [3.05, 3.63) is 66.2 Å². The van der Waals surface area contributed by atoms with Gasteiger partial charge in [-0.2, -0.15) is 4.31 Å². The van der Waals surface area contributed by atoms with Crippen LogP contribution < -0.4 is 5.73 Å². The first-order chi connectivity index (χ1) is 12.5. The molecule has 1 atom stereocenters.